The lowest BCUT2D eigenvalue weighted by Gasteiger charge is -2.20. The fraction of sp³-hybridized carbons (Fsp3) is 0.800. The van der Waals surface area contributed by atoms with Crippen molar-refractivity contribution >= 4 is 11.8 Å². The zero-order valence-electron chi connectivity index (χ0n) is 7.64. The highest BCUT2D eigenvalue weighted by Crippen LogP contribution is 2.20. The third kappa shape index (κ3) is 4.04. The summed E-state index contributed by atoms with van der Waals surface area (Å²) in [6, 6.07) is 0. The molecule has 68 valence electrons. The molecule has 1 nitrogen and oxygen atoms in total. The molecule has 0 aromatic carbocycles. The molecule has 2 heteroatoms. The normalized spacial score (nSPS) is 22.9. The van der Waals surface area contributed by atoms with Crippen molar-refractivity contribution < 1.29 is 4.74 Å². The smallest absolute Gasteiger partial charge is 0.0585 e. The fourth-order valence-corrected chi connectivity index (χ4v) is 2.32. The lowest BCUT2D eigenvalue weighted by atomic mass is 10.2. The van der Waals surface area contributed by atoms with Crippen LogP contribution >= 0.6 is 11.8 Å². The third-order valence-electron chi connectivity index (χ3n) is 1.88. The highest BCUT2D eigenvalue weighted by atomic mass is 32.2. The summed E-state index contributed by atoms with van der Waals surface area (Å²) in [5, 5.41) is 0.734. The molecule has 0 aliphatic carbocycles. The molecule has 0 saturated carbocycles. The quantitative estimate of drug-likeness (QED) is 0.492. The largest absolute Gasteiger partial charge is 0.380 e. The van der Waals surface area contributed by atoms with Gasteiger partial charge in [-0.25, -0.2) is 0 Å². The predicted molar refractivity (Wildman–Crippen MR) is 54.4 cm³/mol. The molecule has 0 radical (unpaired) electrons. The first-order chi connectivity index (χ1) is 5.93. The SMILES string of the molecule is CC#CCCSC1CCCOC1. The maximum Gasteiger partial charge on any atom is 0.0585 e. The minimum atomic E-state index is 0.734. The van der Waals surface area contributed by atoms with Gasteiger partial charge in [0, 0.05) is 24.0 Å². The Bertz CT molecular complexity index is 162. The van der Waals surface area contributed by atoms with Crippen LogP contribution in [0.3, 0.4) is 0 Å². The average molecular weight is 184 g/mol. The Hall–Kier alpha value is -0.130. The minimum absolute atomic E-state index is 0.734. The summed E-state index contributed by atoms with van der Waals surface area (Å²) in [7, 11) is 0. The average Bonchev–Trinajstić information content (AvgIpc) is 2.14. The highest BCUT2D eigenvalue weighted by Gasteiger charge is 2.12. The zero-order valence-corrected chi connectivity index (χ0v) is 8.45. The van der Waals surface area contributed by atoms with E-state index in [1.165, 1.54) is 12.8 Å². The summed E-state index contributed by atoms with van der Waals surface area (Å²) in [6.45, 7) is 3.81. The molecule has 1 fully saturated rings. The van der Waals surface area contributed by atoms with Crippen molar-refractivity contribution in [1.82, 2.24) is 0 Å². The lowest BCUT2D eigenvalue weighted by Crippen LogP contribution is -2.19. The predicted octanol–water partition coefficient (Wildman–Crippen LogP) is 2.31. The van der Waals surface area contributed by atoms with Crippen LogP contribution in [-0.4, -0.2) is 24.2 Å². The molecule has 0 aromatic rings. The first-order valence-corrected chi connectivity index (χ1v) is 5.57. The Balaban J connectivity index is 2.00. The molecule has 0 N–H and O–H groups in total. The summed E-state index contributed by atoms with van der Waals surface area (Å²) >= 11 is 2.01. The molecule has 1 unspecified atom stereocenters. The van der Waals surface area contributed by atoms with Gasteiger partial charge in [-0.15, -0.1) is 11.8 Å². The lowest BCUT2D eigenvalue weighted by molar-refractivity contribution is 0.101. The zero-order chi connectivity index (χ0) is 8.65. The minimum Gasteiger partial charge on any atom is -0.380 e. The van der Waals surface area contributed by atoms with E-state index in [2.05, 4.69) is 11.8 Å². The van der Waals surface area contributed by atoms with Crippen molar-refractivity contribution in [3.05, 3.63) is 0 Å². The van der Waals surface area contributed by atoms with Gasteiger partial charge in [-0.1, -0.05) is 0 Å². The van der Waals surface area contributed by atoms with E-state index in [0.717, 1.165) is 30.6 Å². The van der Waals surface area contributed by atoms with E-state index in [9.17, 15) is 0 Å². The molecule has 1 aliphatic heterocycles. The Morgan fingerprint density at radius 3 is 3.17 bits per heavy atom. The topological polar surface area (TPSA) is 9.23 Å². The maximum atomic E-state index is 5.38. The number of hydrogen-bond donors (Lipinski definition) is 0. The molecule has 1 aliphatic rings. The van der Waals surface area contributed by atoms with Gasteiger partial charge < -0.3 is 4.74 Å². The van der Waals surface area contributed by atoms with Crippen LogP contribution in [-0.2, 0) is 4.74 Å². The summed E-state index contributed by atoms with van der Waals surface area (Å²) in [4.78, 5) is 0. The number of rotatable bonds is 3. The van der Waals surface area contributed by atoms with Crippen molar-refractivity contribution in [1.29, 1.82) is 0 Å². The van der Waals surface area contributed by atoms with Crippen LogP contribution in [0.4, 0.5) is 0 Å². The van der Waals surface area contributed by atoms with Gasteiger partial charge in [-0.2, -0.15) is 11.8 Å². The van der Waals surface area contributed by atoms with Gasteiger partial charge in [0.15, 0.2) is 0 Å². The van der Waals surface area contributed by atoms with Gasteiger partial charge in [0.2, 0.25) is 0 Å². The maximum absolute atomic E-state index is 5.38. The van der Waals surface area contributed by atoms with Gasteiger partial charge in [0.25, 0.3) is 0 Å². The van der Waals surface area contributed by atoms with Gasteiger partial charge >= 0.3 is 0 Å². The van der Waals surface area contributed by atoms with Gasteiger partial charge in [-0.3, -0.25) is 0 Å². The monoisotopic (exact) mass is 184 g/mol. The molecular weight excluding hydrogens is 168 g/mol. The Morgan fingerprint density at radius 1 is 1.58 bits per heavy atom. The van der Waals surface area contributed by atoms with Crippen LogP contribution in [0.5, 0.6) is 0 Å². The van der Waals surface area contributed by atoms with Crippen LogP contribution in [0.15, 0.2) is 0 Å². The summed E-state index contributed by atoms with van der Waals surface area (Å²) in [5.41, 5.74) is 0. The highest BCUT2D eigenvalue weighted by molar-refractivity contribution is 7.99. The molecule has 0 amide bonds. The van der Waals surface area contributed by atoms with E-state index in [-0.39, 0.29) is 0 Å². The van der Waals surface area contributed by atoms with Crippen LogP contribution in [0.1, 0.15) is 26.2 Å². The Labute approximate surface area is 79.3 Å². The van der Waals surface area contributed by atoms with E-state index < -0.39 is 0 Å². The summed E-state index contributed by atoms with van der Waals surface area (Å²) in [5.74, 6) is 7.15. The van der Waals surface area contributed by atoms with Crippen molar-refractivity contribution in [2.24, 2.45) is 0 Å². The first kappa shape index (κ1) is 9.95. The molecule has 12 heavy (non-hydrogen) atoms. The van der Waals surface area contributed by atoms with Crippen LogP contribution < -0.4 is 0 Å². The summed E-state index contributed by atoms with van der Waals surface area (Å²) in [6.07, 6.45) is 3.58. The Morgan fingerprint density at radius 2 is 2.50 bits per heavy atom. The number of thioether (sulfide) groups is 1. The third-order valence-corrected chi connectivity index (χ3v) is 3.16. The molecule has 0 bridgehead atoms. The van der Waals surface area contributed by atoms with E-state index >= 15 is 0 Å². The molecule has 1 heterocycles. The van der Waals surface area contributed by atoms with Gasteiger partial charge in [0.1, 0.15) is 0 Å². The second-order valence-electron chi connectivity index (χ2n) is 2.89. The van der Waals surface area contributed by atoms with E-state index in [1.54, 1.807) is 0 Å². The molecule has 0 aromatic heterocycles. The molecular formula is C10H16OS. The second kappa shape index (κ2) is 6.39. The van der Waals surface area contributed by atoms with Crippen molar-refractivity contribution in [3.63, 3.8) is 0 Å². The van der Waals surface area contributed by atoms with Gasteiger partial charge in [0.05, 0.1) is 6.61 Å². The second-order valence-corrected chi connectivity index (χ2v) is 4.29. The van der Waals surface area contributed by atoms with Gasteiger partial charge in [-0.05, 0) is 19.8 Å². The summed E-state index contributed by atoms with van der Waals surface area (Å²) < 4.78 is 5.38. The molecule has 1 atom stereocenters. The Kier molecular flexibility index (Phi) is 5.30. The molecule has 1 saturated heterocycles. The standard InChI is InChI=1S/C10H16OS/c1-2-3-4-8-12-10-6-5-7-11-9-10/h10H,4-9H2,1H3. The van der Waals surface area contributed by atoms with E-state index in [4.69, 9.17) is 4.74 Å². The first-order valence-electron chi connectivity index (χ1n) is 4.52. The van der Waals surface area contributed by atoms with Crippen LogP contribution in [0, 0.1) is 11.8 Å². The number of hydrogen-bond acceptors (Lipinski definition) is 2. The van der Waals surface area contributed by atoms with Crippen molar-refractivity contribution in [2.75, 3.05) is 19.0 Å². The molecule has 0 spiro atoms. The van der Waals surface area contributed by atoms with Crippen LogP contribution in [0.2, 0.25) is 0 Å². The fourth-order valence-electron chi connectivity index (χ4n) is 1.24. The molecule has 1 rings (SSSR count). The van der Waals surface area contributed by atoms with Crippen LogP contribution in [0.25, 0.3) is 0 Å². The van der Waals surface area contributed by atoms with Crippen molar-refractivity contribution in [2.45, 2.75) is 31.4 Å². The number of ether oxygens (including phenoxy) is 1. The van der Waals surface area contributed by atoms with E-state index in [0.29, 0.717) is 0 Å². The van der Waals surface area contributed by atoms with Crippen molar-refractivity contribution in [3.8, 4) is 11.8 Å². The van der Waals surface area contributed by atoms with E-state index in [1.807, 2.05) is 18.7 Å².